The molecule has 0 spiro atoms. The van der Waals surface area contributed by atoms with Crippen LogP contribution in [0, 0.1) is 12.7 Å². The Hall–Kier alpha value is -4.32. The first kappa shape index (κ1) is 25.3. The summed E-state index contributed by atoms with van der Waals surface area (Å²) in [4.78, 5) is 36.4. The van der Waals surface area contributed by atoms with Crippen molar-refractivity contribution in [1.82, 2.24) is 34.4 Å². The van der Waals surface area contributed by atoms with Crippen molar-refractivity contribution in [3.8, 4) is 5.82 Å². The Bertz CT molecular complexity index is 1610. The van der Waals surface area contributed by atoms with Crippen LogP contribution in [0.5, 0.6) is 0 Å². The van der Waals surface area contributed by atoms with E-state index in [1.54, 1.807) is 16.8 Å². The van der Waals surface area contributed by atoms with Crippen LogP contribution in [-0.2, 0) is 6.54 Å². The molecule has 0 unspecified atom stereocenters. The SMILES string of the molecule is C=CCn1c(=O)c2cnc(Nc3cc(C)c(N4CCNCC4)c(F)c3)nc2n1-c1ccc(=O)n(C(C)C)n1. The number of allylic oxidation sites excluding steroid dienone is 1. The number of hydrogen-bond donors (Lipinski definition) is 2. The number of aryl methyl sites for hydroxylation is 1. The number of nitrogens with zero attached hydrogens (tertiary/aromatic N) is 7. The van der Waals surface area contributed by atoms with Crippen molar-refractivity contribution in [3.63, 3.8) is 0 Å². The summed E-state index contributed by atoms with van der Waals surface area (Å²) in [6, 6.07) is 6.04. The van der Waals surface area contributed by atoms with E-state index in [0.717, 1.165) is 31.7 Å². The fraction of sp³-hybridized carbons (Fsp3) is 0.346. The van der Waals surface area contributed by atoms with Crippen molar-refractivity contribution >= 4 is 28.4 Å². The molecule has 4 heterocycles. The molecule has 1 fully saturated rings. The van der Waals surface area contributed by atoms with Crippen LogP contribution in [0.15, 0.2) is 52.7 Å². The van der Waals surface area contributed by atoms with E-state index in [1.165, 1.54) is 27.7 Å². The summed E-state index contributed by atoms with van der Waals surface area (Å²) < 4.78 is 19.5. The molecule has 3 aromatic heterocycles. The third kappa shape index (κ3) is 4.58. The zero-order valence-electron chi connectivity index (χ0n) is 21.6. The number of rotatable bonds is 7. The summed E-state index contributed by atoms with van der Waals surface area (Å²) in [5.74, 6) is 0.205. The highest BCUT2D eigenvalue weighted by Gasteiger charge is 2.20. The van der Waals surface area contributed by atoms with Gasteiger partial charge in [0.05, 0.1) is 18.3 Å². The maximum absolute atomic E-state index is 15.2. The summed E-state index contributed by atoms with van der Waals surface area (Å²) in [5, 5.41) is 11.1. The molecule has 2 N–H and O–H groups in total. The molecule has 5 rings (SSSR count). The van der Waals surface area contributed by atoms with Crippen LogP contribution in [0.25, 0.3) is 16.9 Å². The van der Waals surface area contributed by atoms with Gasteiger partial charge >= 0.3 is 0 Å². The Labute approximate surface area is 218 Å². The normalized spacial score (nSPS) is 13.9. The van der Waals surface area contributed by atoms with Crippen molar-refractivity contribution in [2.75, 3.05) is 36.4 Å². The van der Waals surface area contributed by atoms with Crippen molar-refractivity contribution in [3.05, 3.63) is 75.2 Å². The Morgan fingerprint density at radius 3 is 2.66 bits per heavy atom. The van der Waals surface area contributed by atoms with Gasteiger partial charge in [-0.3, -0.25) is 9.59 Å². The molecule has 1 aromatic carbocycles. The second kappa shape index (κ2) is 10.2. The second-order valence-corrected chi connectivity index (χ2v) is 9.47. The molecule has 38 heavy (non-hydrogen) atoms. The standard InChI is InChI=1S/C26H30FN9O2/c1-5-10-34-25(38)19-15-29-26(31-24(19)36(34)21-6-7-22(37)35(32-21)16(2)3)30-18-13-17(4)23(20(27)14-18)33-11-8-28-9-12-33/h5-7,13-16,28H,1,8-12H2,2-4H3,(H,29,30,31). The largest absolute Gasteiger partial charge is 0.366 e. The minimum Gasteiger partial charge on any atom is -0.366 e. The van der Waals surface area contributed by atoms with Crippen LogP contribution in [0.1, 0.15) is 25.5 Å². The fourth-order valence-corrected chi connectivity index (χ4v) is 4.73. The van der Waals surface area contributed by atoms with E-state index >= 15 is 4.39 Å². The van der Waals surface area contributed by atoms with Crippen molar-refractivity contribution in [1.29, 1.82) is 0 Å². The third-order valence-electron chi connectivity index (χ3n) is 6.44. The van der Waals surface area contributed by atoms with Crippen molar-refractivity contribution in [2.45, 2.75) is 33.4 Å². The average Bonchev–Trinajstić information content (AvgIpc) is 3.15. The topological polar surface area (TPSA) is 115 Å². The molecule has 4 aromatic rings. The minimum absolute atomic E-state index is 0.182. The molecular formula is C26H30FN9O2. The molecular weight excluding hydrogens is 489 g/mol. The lowest BCUT2D eigenvalue weighted by Gasteiger charge is -2.31. The number of anilines is 3. The van der Waals surface area contributed by atoms with Gasteiger partial charge in [-0.25, -0.2) is 23.4 Å². The zero-order chi connectivity index (χ0) is 27.0. The first-order valence-electron chi connectivity index (χ1n) is 12.5. The van der Waals surface area contributed by atoms with Gasteiger partial charge in [0.15, 0.2) is 11.5 Å². The summed E-state index contributed by atoms with van der Waals surface area (Å²) in [7, 11) is 0. The number of halogens is 1. The summed E-state index contributed by atoms with van der Waals surface area (Å²) in [5.41, 5.74) is 1.60. The molecule has 0 bridgehead atoms. The van der Waals surface area contributed by atoms with Crippen LogP contribution in [-0.4, -0.2) is 55.3 Å². The van der Waals surface area contributed by atoms with E-state index in [-0.39, 0.29) is 40.9 Å². The monoisotopic (exact) mass is 519 g/mol. The smallest absolute Gasteiger partial charge is 0.278 e. The lowest BCUT2D eigenvalue weighted by molar-refractivity contribution is 0.486. The van der Waals surface area contributed by atoms with E-state index in [2.05, 4.69) is 32.3 Å². The van der Waals surface area contributed by atoms with Crippen LogP contribution in [0.3, 0.4) is 0 Å². The molecule has 0 atom stereocenters. The number of nitrogens with one attached hydrogen (secondary N) is 2. The number of piperazine rings is 1. The van der Waals surface area contributed by atoms with E-state index in [0.29, 0.717) is 22.8 Å². The number of fused-ring (bicyclic) bond motifs is 1. The molecule has 0 amide bonds. The minimum atomic E-state index is -0.329. The Kier molecular flexibility index (Phi) is 6.81. The molecule has 12 heteroatoms. The second-order valence-electron chi connectivity index (χ2n) is 9.47. The summed E-state index contributed by atoms with van der Waals surface area (Å²) in [6.07, 6.45) is 3.02. The quantitative estimate of drug-likeness (QED) is 0.358. The number of benzene rings is 1. The Morgan fingerprint density at radius 2 is 1.97 bits per heavy atom. The molecule has 0 aliphatic carbocycles. The van der Waals surface area contributed by atoms with Gasteiger partial charge < -0.3 is 15.5 Å². The predicted molar refractivity (Wildman–Crippen MR) is 145 cm³/mol. The molecule has 1 aliphatic heterocycles. The maximum atomic E-state index is 15.2. The number of hydrogen-bond acceptors (Lipinski definition) is 8. The van der Waals surface area contributed by atoms with E-state index in [1.807, 2.05) is 31.7 Å². The van der Waals surface area contributed by atoms with Gasteiger partial charge in [0.2, 0.25) is 5.95 Å². The van der Waals surface area contributed by atoms with E-state index < -0.39 is 0 Å². The summed E-state index contributed by atoms with van der Waals surface area (Å²) >= 11 is 0. The van der Waals surface area contributed by atoms with Crippen LogP contribution >= 0.6 is 0 Å². The average molecular weight is 520 g/mol. The Morgan fingerprint density at radius 1 is 1.21 bits per heavy atom. The van der Waals surface area contributed by atoms with Crippen LogP contribution in [0.2, 0.25) is 0 Å². The molecule has 1 saturated heterocycles. The maximum Gasteiger partial charge on any atom is 0.278 e. The predicted octanol–water partition coefficient (Wildman–Crippen LogP) is 2.51. The molecule has 0 radical (unpaired) electrons. The first-order valence-corrected chi connectivity index (χ1v) is 12.5. The molecule has 198 valence electrons. The van der Waals surface area contributed by atoms with Gasteiger partial charge in [-0.15, -0.1) is 11.7 Å². The fourth-order valence-electron chi connectivity index (χ4n) is 4.73. The highest BCUT2D eigenvalue weighted by molar-refractivity contribution is 5.77. The third-order valence-corrected chi connectivity index (χ3v) is 6.44. The van der Waals surface area contributed by atoms with Gasteiger partial charge in [0.1, 0.15) is 11.2 Å². The van der Waals surface area contributed by atoms with Gasteiger partial charge in [0, 0.05) is 44.1 Å². The first-order chi connectivity index (χ1) is 18.3. The van der Waals surface area contributed by atoms with Gasteiger partial charge in [-0.2, -0.15) is 4.98 Å². The lowest BCUT2D eigenvalue weighted by atomic mass is 10.1. The van der Waals surface area contributed by atoms with Crippen molar-refractivity contribution < 1.29 is 4.39 Å². The van der Waals surface area contributed by atoms with Crippen LogP contribution in [0.4, 0.5) is 21.7 Å². The molecule has 11 nitrogen and oxygen atoms in total. The zero-order valence-corrected chi connectivity index (χ0v) is 21.6. The lowest BCUT2D eigenvalue weighted by Crippen LogP contribution is -2.44. The van der Waals surface area contributed by atoms with E-state index in [4.69, 9.17) is 0 Å². The highest BCUT2D eigenvalue weighted by Crippen LogP contribution is 2.29. The molecule has 0 saturated carbocycles. The Balaban J connectivity index is 1.58. The van der Waals surface area contributed by atoms with Gasteiger partial charge in [-0.05, 0) is 44.5 Å². The van der Waals surface area contributed by atoms with Crippen molar-refractivity contribution in [2.24, 2.45) is 0 Å². The number of aromatic nitrogens is 6. The van der Waals surface area contributed by atoms with E-state index in [9.17, 15) is 9.59 Å². The molecule has 1 aliphatic rings. The highest BCUT2D eigenvalue weighted by atomic mass is 19.1. The van der Waals surface area contributed by atoms with Gasteiger partial charge in [0.25, 0.3) is 11.1 Å². The van der Waals surface area contributed by atoms with Gasteiger partial charge in [-0.1, -0.05) is 6.08 Å². The summed E-state index contributed by atoms with van der Waals surface area (Å²) in [6.45, 7) is 12.6. The van der Waals surface area contributed by atoms with Crippen LogP contribution < -0.4 is 26.7 Å².